The van der Waals surface area contributed by atoms with E-state index in [2.05, 4.69) is 29.1 Å². The summed E-state index contributed by atoms with van der Waals surface area (Å²) in [4.78, 5) is 8.65. The highest BCUT2D eigenvalue weighted by Crippen LogP contribution is 2.37. The van der Waals surface area contributed by atoms with Crippen LogP contribution in [0, 0.1) is 11.8 Å². The van der Waals surface area contributed by atoms with Crippen LogP contribution in [-0.2, 0) is 0 Å². The Morgan fingerprint density at radius 1 is 1.35 bits per heavy atom. The maximum Gasteiger partial charge on any atom is 0.0620 e. The topological polar surface area (TPSA) is 37.8 Å². The molecule has 3 heteroatoms. The van der Waals surface area contributed by atoms with Crippen molar-refractivity contribution in [1.82, 2.24) is 15.3 Å². The Morgan fingerprint density at radius 3 is 2.94 bits per heavy atom. The highest BCUT2D eigenvalue weighted by molar-refractivity contribution is 5.08. The molecule has 1 aromatic heterocycles. The quantitative estimate of drug-likeness (QED) is 0.849. The second-order valence-corrected chi connectivity index (χ2v) is 5.48. The van der Waals surface area contributed by atoms with Crippen LogP contribution in [-0.4, -0.2) is 23.1 Å². The van der Waals surface area contributed by atoms with Crippen molar-refractivity contribution in [1.29, 1.82) is 0 Å². The van der Waals surface area contributed by atoms with Gasteiger partial charge in [-0.25, -0.2) is 0 Å². The maximum atomic E-state index is 4.46. The lowest BCUT2D eigenvalue weighted by molar-refractivity contribution is 0.420. The lowest BCUT2D eigenvalue weighted by Crippen LogP contribution is -2.27. The molecule has 0 aromatic carbocycles. The molecule has 1 heterocycles. The summed E-state index contributed by atoms with van der Waals surface area (Å²) in [5, 5.41) is 3.58. The third-order valence-corrected chi connectivity index (χ3v) is 3.58. The van der Waals surface area contributed by atoms with E-state index in [9.17, 15) is 0 Å². The Kier molecular flexibility index (Phi) is 4.49. The van der Waals surface area contributed by atoms with Gasteiger partial charge in [0.2, 0.25) is 0 Å². The van der Waals surface area contributed by atoms with E-state index in [4.69, 9.17) is 0 Å². The molecule has 2 rings (SSSR count). The van der Waals surface area contributed by atoms with Crippen LogP contribution in [0.3, 0.4) is 0 Å². The lowest BCUT2D eigenvalue weighted by atomic mass is 9.93. The minimum Gasteiger partial charge on any atom is -0.316 e. The van der Waals surface area contributed by atoms with Crippen LogP contribution in [0.1, 0.15) is 44.7 Å². The van der Waals surface area contributed by atoms with E-state index < -0.39 is 0 Å². The van der Waals surface area contributed by atoms with Gasteiger partial charge >= 0.3 is 0 Å². The maximum absolute atomic E-state index is 4.46. The van der Waals surface area contributed by atoms with Crippen molar-refractivity contribution in [3.05, 3.63) is 24.3 Å². The fourth-order valence-electron chi connectivity index (χ4n) is 2.73. The molecule has 0 amide bonds. The molecule has 1 N–H and O–H groups in total. The van der Waals surface area contributed by atoms with Crippen molar-refractivity contribution in [2.75, 3.05) is 13.1 Å². The summed E-state index contributed by atoms with van der Waals surface area (Å²) in [6.07, 6.45) is 9.43. The molecule has 1 saturated carbocycles. The SMILES string of the molecule is CC(C)CNCC1CCCC1c1cnccn1. The molecule has 2 unspecified atom stereocenters. The molecular weight excluding hydrogens is 210 g/mol. The Bertz CT molecular complexity index is 323. The van der Waals surface area contributed by atoms with Crippen LogP contribution >= 0.6 is 0 Å². The molecule has 2 atom stereocenters. The molecule has 0 radical (unpaired) electrons. The lowest BCUT2D eigenvalue weighted by Gasteiger charge is -2.20. The fraction of sp³-hybridized carbons (Fsp3) is 0.714. The van der Waals surface area contributed by atoms with E-state index in [0.717, 1.165) is 24.9 Å². The van der Waals surface area contributed by atoms with Gasteiger partial charge in [-0.05, 0) is 37.8 Å². The summed E-state index contributed by atoms with van der Waals surface area (Å²) >= 11 is 0. The van der Waals surface area contributed by atoms with E-state index >= 15 is 0 Å². The van der Waals surface area contributed by atoms with Gasteiger partial charge in [0.1, 0.15) is 0 Å². The highest BCUT2D eigenvalue weighted by atomic mass is 14.9. The minimum atomic E-state index is 0.614. The van der Waals surface area contributed by atoms with Crippen molar-refractivity contribution in [3.8, 4) is 0 Å². The van der Waals surface area contributed by atoms with Crippen LogP contribution in [0.5, 0.6) is 0 Å². The number of hydrogen-bond donors (Lipinski definition) is 1. The van der Waals surface area contributed by atoms with Gasteiger partial charge in [0.15, 0.2) is 0 Å². The number of hydrogen-bond acceptors (Lipinski definition) is 3. The molecule has 94 valence electrons. The summed E-state index contributed by atoms with van der Waals surface area (Å²) in [7, 11) is 0. The third-order valence-electron chi connectivity index (χ3n) is 3.58. The molecule has 1 aliphatic rings. The molecule has 0 saturated heterocycles. The van der Waals surface area contributed by atoms with Gasteiger partial charge < -0.3 is 5.32 Å². The summed E-state index contributed by atoms with van der Waals surface area (Å²) in [6.45, 7) is 6.74. The molecule has 0 bridgehead atoms. The van der Waals surface area contributed by atoms with Gasteiger partial charge in [-0.3, -0.25) is 9.97 Å². The van der Waals surface area contributed by atoms with E-state index in [0.29, 0.717) is 5.92 Å². The molecule has 0 aliphatic heterocycles. The van der Waals surface area contributed by atoms with Gasteiger partial charge in [0.25, 0.3) is 0 Å². The number of nitrogens with zero attached hydrogens (tertiary/aromatic N) is 2. The Labute approximate surface area is 104 Å². The second-order valence-electron chi connectivity index (χ2n) is 5.48. The molecular formula is C14H23N3. The monoisotopic (exact) mass is 233 g/mol. The average Bonchev–Trinajstić information content (AvgIpc) is 2.78. The predicted octanol–water partition coefficient (Wildman–Crippen LogP) is 2.61. The largest absolute Gasteiger partial charge is 0.316 e. The zero-order valence-electron chi connectivity index (χ0n) is 10.9. The molecule has 1 fully saturated rings. The Morgan fingerprint density at radius 2 is 2.24 bits per heavy atom. The van der Waals surface area contributed by atoms with Gasteiger partial charge in [0, 0.05) is 24.5 Å². The van der Waals surface area contributed by atoms with E-state index in [1.807, 2.05) is 12.4 Å². The van der Waals surface area contributed by atoms with Crippen LogP contribution in [0.25, 0.3) is 0 Å². The molecule has 1 aromatic rings. The van der Waals surface area contributed by atoms with Crippen molar-refractivity contribution in [3.63, 3.8) is 0 Å². The zero-order valence-corrected chi connectivity index (χ0v) is 10.9. The first-order valence-electron chi connectivity index (χ1n) is 6.74. The Hall–Kier alpha value is -0.960. The van der Waals surface area contributed by atoms with E-state index in [-0.39, 0.29) is 0 Å². The van der Waals surface area contributed by atoms with Crippen LogP contribution in [0.15, 0.2) is 18.6 Å². The molecule has 1 aliphatic carbocycles. The summed E-state index contributed by atoms with van der Waals surface area (Å²) in [5.41, 5.74) is 1.18. The van der Waals surface area contributed by atoms with Gasteiger partial charge in [-0.15, -0.1) is 0 Å². The smallest absolute Gasteiger partial charge is 0.0620 e. The van der Waals surface area contributed by atoms with Crippen LogP contribution < -0.4 is 5.32 Å². The first-order chi connectivity index (χ1) is 8.27. The first kappa shape index (κ1) is 12.5. The summed E-state index contributed by atoms with van der Waals surface area (Å²) in [6, 6.07) is 0. The predicted molar refractivity (Wildman–Crippen MR) is 69.8 cm³/mol. The molecule has 0 spiro atoms. The number of nitrogens with one attached hydrogen (secondary N) is 1. The average molecular weight is 233 g/mol. The van der Waals surface area contributed by atoms with Crippen molar-refractivity contribution in [2.24, 2.45) is 11.8 Å². The van der Waals surface area contributed by atoms with Crippen molar-refractivity contribution >= 4 is 0 Å². The number of rotatable bonds is 5. The van der Waals surface area contributed by atoms with Gasteiger partial charge in [-0.2, -0.15) is 0 Å². The number of aromatic nitrogens is 2. The standard InChI is InChI=1S/C14H23N3/c1-11(2)8-16-9-12-4-3-5-13(12)14-10-15-6-7-17-14/h6-7,10-13,16H,3-5,8-9H2,1-2H3. The zero-order chi connectivity index (χ0) is 12.1. The van der Waals surface area contributed by atoms with Crippen molar-refractivity contribution in [2.45, 2.75) is 39.0 Å². The highest BCUT2D eigenvalue weighted by Gasteiger charge is 2.29. The normalized spacial score (nSPS) is 24.4. The summed E-state index contributed by atoms with van der Waals surface area (Å²) < 4.78 is 0. The van der Waals surface area contributed by atoms with Crippen LogP contribution in [0.4, 0.5) is 0 Å². The van der Waals surface area contributed by atoms with Gasteiger partial charge in [-0.1, -0.05) is 20.3 Å². The molecule has 17 heavy (non-hydrogen) atoms. The summed E-state index contributed by atoms with van der Waals surface area (Å²) in [5.74, 6) is 2.08. The third kappa shape index (κ3) is 3.50. The fourth-order valence-corrected chi connectivity index (χ4v) is 2.73. The van der Waals surface area contributed by atoms with Crippen molar-refractivity contribution < 1.29 is 0 Å². The van der Waals surface area contributed by atoms with Crippen LogP contribution in [0.2, 0.25) is 0 Å². The van der Waals surface area contributed by atoms with E-state index in [1.165, 1.54) is 25.0 Å². The van der Waals surface area contributed by atoms with Gasteiger partial charge in [0.05, 0.1) is 5.69 Å². The van der Waals surface area contributed by atoms with E-state index in [1.54, 1.807) is 6.20 Å². The first-order valence-corrected chi connectivity index (χ1v) is 6.74. The second kappa shape index (κ2) is 6.10. The molecule has 3 nitrogen and oxygen atoms in total. The minimum absolute atomic E-state index is 0.614. The Balaban J connectivity index is 1.89.